The van der Waals surface area contributed by atoms with Crippen LogP contribution in [-0.2, 0) is 9.21 Å². The molecule has 1 unspecified atom stereocenters. The molecule has 0 bridgehead atoms. The topological polar surface area (TPSA) is 157 Å². The number of rotatable bonds is 8. The Hall–Kier alpha value is -2.81. The second-order valence-electron chi connectivity index (χ2n) is 8.34. The number of allylic oxidation sites excluding steroid dienone is 3. The molecule has 1 atom stereocenters. The van der Waals surface area contributed by atoms with Gasteiger partial charge in [-0.3, -0.25) is 0 Å². The summed E-state index contributed by atoms with van der Waals surface area (Å²) in [5.74, 6) is 0.562. The molecule has 0 saturated heterocycles. The summed E-state index contributed by atoms with van der Waals surface area (Å²) < 4.78 is 27.7. The first kappa shape index (κ1) is 30.4. The molecule has 0 spiro atoms. The molecule has 198 valence electrons. The fraction of sp³-hybridized carbons (Fsp3) is 0.440. The normalized spacial score (nSPS) is 22.7. The van der Waals surface area contributed by atoms with Crippen LogP contribution in [-0.4, -0.2) is 59.8 Å². The van der Waals surface area contributed by atoms with E-state index in [1.165, 1.54) is 0 Å². The Morgan fingerprint density at radius 1 is 0.973 bits per heavy atom. The van der Waals surface area contributed by atoms with Crippen LogP contribution >= 0.6 is 0 Å². The summed E-state index contributed by atoms with van der Waals surface area (Å²) in [6.07, 6.45) is 9.32. The first-order valence-corrected chi connectivity index (χ1v) is 15.1. The summed E-state index contributed by atoms with van der Waals surface area (Å²) in [7, 11) is 3.30. The van der Waals surface area contributed by atoms with E-state index in [-0.39, 0.29) is 29.9 Å². The van der Waals surface area contributed by atoms with Crippen LogP contribution in [0.1, 0.15) is 45.1 Å². The van der Waals surface area contributed by atoms with Gasteiger partial charge in [0.2, 0.25) is 11.8 Å². The Kier molecular flexibility index (Phi) is 13.3. The molecular weight excluding hydrogens is 704 g/mol. The maximum absolute atomic E-state index is 10.3. The van der Waals surface area contributed by atoms with Crippen molar-refractivity contribution in [3.8, 4) is 5.75 Å². The van der Waals surface area contributed by atoms with Crippen LogP contribution in [0.2, 0.25) is 0 Å². The molecule has 12 heteroatoms. The van der Waals surface area contributed by atoms with Crippen molar-refractivity contribution in [1.29, 1.82) is 0 Å². The second kappa shape index (κ2) is 16.1. The average molecular weight is 737 g/mol. The number of aliphatic hydroxyl groups excluding tert-OH is 2. The average Bonchev–Trinajstić information content (AvgIpc) is 2.94. The molecule has 1 aliphatic carbocycles. The van der Waals surface area contributed by atoms with Gasteiger partial charge in [0.05, 0.1) is 13.2 Å². The number of methoxy groups -OCH3 is 2. The van der Waals surface area contributed by atoms with Gasteiger partial charge >= 0.3 is 32.3 Å². The van der Waals surface area contributed by atoms with Crippen LogP contribution in [0.3, 0.4) is 0 Å². The van der Waals surface area contributed by atoms with E-state index in [9.17, 15) is 10.2 Å². The van der Waals surface area contributed by atoms with Crippen LogP contribution in [0.25, 0.3) is 5.32 Å². The van der Waals surface area contributed by atoms with Crippen molar-refractivity contribution in [1.82, 2.24) is 0 Å². The molecule has 37 heavy (non-hydrogen) atoms. The minimum atomic E-state index is -2.51. The van der Waals surface area contributed by atoms with Gasteiger partial charge in [-0.05, 0) is 63.8 Å². The molecule has 1 aliphatic heterocycles. The first-order valence-electron chi connectivity index (χ1n) is 11.7. The fourth-order valence-electron chi connectivity index (χ4n) is 3.73. The Labute approximate surface area is 231 Å². The van der Waals surface area contributed by atoms with Crippen LogP contribution in [0, 0.1) is 33.7 Å². The number of aliphatic hydroxyl groups is 2. The number of hydrogen-bond acceptors (Lipinski definition) is 8. The van der Waals surface area contributed by atoms with Gasteiger partial charge in [0.1, 0.15) is 5.75 Å². The van der Waals surface area contributed by atoms with Gasteiger partial charge in [-0.25, -0.2) is 0 Å². The van der Waals surface area contributed by atoms with Gasteiger partial charge in [0, 0.05) is 30.0 Å². The number of hydrogen-bond donors (Lipinski definition) is 2. The standard InChI is InChI=1S/C25H32N5O4.2O.U/c1-16(27-29-24(31)18-8-12-20(33-3)13-9-18)22-6-5-7-23(26-22)17(2)28-30-25(32)19-10-14-21(34-4)15-11-19;;;/h5-9,12-13,19,21-22H,10-11,14-15H2,1-4H3,(H,29,31)(H,30,32);;;/q-1;;;. The third-order valence-corrected chi connectivity index (χ3v) is 5.95. The minimum absolute atomic E-state index is 0.0125. The van der Waals surface area contributed by atoms with Gasteiger partial charge in [-0.1, -0.05) is 24.3 Å². The third-order valence-electron chi connectivity index (χ3n) is 5.95. The van der Waals surface area contributed by atoms with E-state index in [1.807, 2.05) is 18.2 Å². The molecule has 2 N–H and O–H groups in total. The molecule has 1 aromatic carbocycles. The zero-order valence-electron chi connectivity index (χ0n) is 21.4. The summed E-state index contributed by atoms with van der Waals surface area (Å²) >= 11 is -2.51. The molecule has 0 amide bonds. The number of nitrogens with zero attached hydrogens (tertiary/aromatic N) is 5. The van der Waals surface area contributed by atoms with Crippen molar-refractivity contribution in [2.45, 2.75) is 51.7 Å². The molecule has 0 aromatic heterocycles. The summed E-state index contributed by atoms with van der Waals surface area (Å²) in [5, 5.41) is 41.5. The van der Waals surface area contributed by atoms with Crippen molar-refractivity contribution in [3.05, 3.63) is 59.1 Å². The van der Waals surface area contributed by atoms with Crippen molar-refractivity contribution in [3.63, 3.8) is 0 Å². The molecule has 11 nitrogen and oxygen atoms in total. The summed E-state index contributed by atoms with van der Waals surface area (Å²) in [4.78, 5) is 0. The zero-order chi connectivity index (χ0) is 27.2. The molecule has 2 aliphatic rings. The SMILES string of the molecule is COc1ccc(C(O)=NN=C(C)C2C=CC=C(C(C)=NN=C(O)C3CCC(OC)CC3)[N-]2)cc1.[O]=[U]=[O]. The zero-order valence-corrected chi connectivity index (χ0v) is 25.5. The van der Waals surface area contributed by atoms with E-state index in [4.69, 9.17) is 13.9 Å². The van der Waals surface area contributed by atoms with Crippen molar-refractivity contribution < 1.29 is 52.0 Å². The van der Waals surface area contributed by atoms with Gasteiger partial charge in [-0.2, -0.15) is 10.2 Å². The Bertz CT molecular complexity index is 1110. The van der Waals surface area contributed by atoms with Gasteiger partial charge in [0.15, 0.2) is 0 Å². The van der Waals surface area contributed by atoms with Gasteiger partial charge in [-0.15, -0.1) is 15.9 Å². The summed E-state index contributed by atoms with van der Waals surface area (Å²) in [6.45, 7) is 3.59. The van der Waals surface area contributed by atoms with Crippen LogP contribution in [0.5, 0.6) is 5.75 Å². The van der Waals surface area contributed by atoms with Crippen LogP contribution < -0.4 is 4.74 Å². The second-order valence-corrected chi connectivity index (χ2v) is 9.03. The Morgan fingerprint density at radius 2 is 1.62 bits per heavy atom. The Balaban J connectivity index is 0.00000153. The van der Waals surface area contributed by atoms with E-state index in [0.29, 0.717) is 28.4 Å². The fourth-order valence-corrected chi connectivity index (χ4v) is 3.73. The van der Waals surface area contributed by atoms with Crippen molar-refractivity contribution >= 4 is 23.2 Å². The van der Waals surface area contributed by atoms with Crippen molar-refractivity contribution in [2.75, 3.05) is 14.2 Å². The first-order chi connectivity index (χ1) is 17.8. The van der Waals surface area contributed by atoms with E-state index in [1.54, 1.807) is 52.3 Å². The maximum atomic E-state index is 10.3. The summed E-state index contributed by atoms with van der Waals surface area (Å²) in [5.41, 5.74) is 2.37. The number of ether oxygens (including phenoxy) is 2. The third kappa shape index (κ3) is 9.87. The molecule has 1 fully saturated rings. The van der Waals surface area contributed by atoms with E-state index in [0.717, 1.165) is 25.7 Å². The van der Waals surface area contributed by atoms with Crippen LogP contribution in [0.4, 0.5) is 0 Å². The predicted octanol–water partition coefficient (Wildman–Crippen LogP) is 4.87. The molecule has 1 heterocycles. The predicted molar refractivity (Wildman–Crippen MR) is 137 cm³/mol. The molecule has 1 aromatic rings. The molecule has 0 radical (unpaired) electrons. The van der Waals surface area contributed by atoms with Crippen LogP contribution in [0.15, 0.2) is 68.6 Å². The molecule has 3 rings (SSSR count). The van der Waals surface area contributed by atoms with E-state index in [2.05, 4.69) is 25.7 Å². The summed E-state index contributed by atoms with van der Waals surface area (Å²) in [6, 6.07) is 6.53. The van der Waals surface area contributed by atoms with Gasteiger partial charge in [0.25, 0.3) is 0 Å². The Morgan fingerprint density at radius 3 is 2.22 bits per heavy atom. The van der Waals surface area contributed by atoms with Gasteiger partial charge < -0.3 is 25.0 Å². The quantitative estimate of drug-likeness (QED) is 0.220. The van der Waals surface area contributed by atoms with Crippen molar-refractivity contribution in [2.24, 2.45) is 26.3 Å². The molecule has 1 saturated carbocycles. The van der Waals surface area contributed by atoms with E-state index >= 15 is 0 Å². The monoisotopic (exact) mass is 736 g/mol. The van der Waals surface area contributed by atoms with E-state index < -0.39 is 27.8 Å². The number of benzene rings is 1. The molecular formula is C25H32N5O6U-.